The van der Waals surface area contributed by atoms with Crippen molar-refractivity contribution in [2.45, 2.75) is 25.7 Å². The van der Waals surface area contributed by atoms with Gasteiger partial charge < -0.3 is 19.9 Å². The second-order valence-electron chi connectivity index (χ2n) is 6.66. The average molecular weight is 333 g/mol. The number of fused-ring (bicyclic) bond motifs is 3. The number of hydrogen-bond acceptors (Lipinski definition) is 4. The molecular weight excluding hydrogens is 310 g/mol. The smallest absolute Gasteiger partial charge is 0.307 e. The number of amides is 1. The van der Waals surface area contributed by atoms with E-state index < -0.39 is 17.8 Å². The van der Waals surface area contributed by atoms with E-state index in [0.717, 1.165) is 25.7 Å². The zero-order valence-corrected chi connectivity index (χ0v) is 14.0. The van der Waals surface area contributed by atoms with Crippen LogP contribution in [-0.4, -0.2) is 31.2 Å². The molecule has 0 heterocycles. The lowest BCUT2D eigenvalue weighted by Crippen LogP contribution is -2.49. The first kappa shape index (κ1) is 16.6. The van der Waals surface area contributed by atoms with E-state index in [2.05, 4.69) is 5.32 Å². The van der Waals surface area contributed by atoms with Gasteiger partial charge in [0.05, 0.1) is 26.1 Å². The zero-order valence-electron chi connectivity index (χ0n) is 14.0. The molecular formula is C18H23NO5. The number of carbonyl (C=O) groups excluding carboxylic acids is 1. The first-order valence-corrected chi connectivity index (χ1v) is 8.30. The summed E-state index contributed by atoms with van der Waals surface area (Å²) in [5, 5.41) is 12.5. The molecule has 0 aromatic heterocycles. The van der Waals surface area contributed by atoms with Gasteiger partial charge in [0, 0.05) is 23.9 Å². The standard InChI is InChI=1S/C18H23NO5/c1-23-13-7-12(8-14(9-13)24-2)19-17(20)15-10-3-5-11(6-4-10)16(15)18(21)22/h7-11,15-16H,3-6H2,1-2H3,(H,19,20)(H,21,22)/t10?,11?,15-,16+/m1/s1. The van der Waals surface area contributed by atoms with Gasteiger partial charge in [-0.05, 0) is 37.5 Å². The Kier molecular flexibility index (Phi) is 4.64. The number of ether oxygens (including phenoxy) is 2. The van der Waals surface area contributed by atoms with Crippen molar-refractivity contribution < 1.29 is 24.2 Å². The maximum absolute atomic E-state index is 12.8. The van der Waals surface area contributed by atoms with Gasteiger partial charge in [0.25, 0.3) is 0 Å². The van der Waals surface area contributed by atoms with E-state index in [-0.39, 0.29) is 17.7 Å². The summed E-state index contributed by atoms with van der Waals surface area (Å²) < 4.78 is 10.4. The highest BCUT2D eigenvalue weighted by atomic mass is 16.5. The fourth-order valence-corrected chi connectivity index (χ4v) is 4.29. The molecule has 2 N–H and O–H groups in total. The van der Waals surface area contributed by atoms with Crippen LogP contribution in [0, 0.1) is 23.7 Å². The molecule has 3 aliphatic carbocycles. The van der Waals surface area contributed by atoms with Gasteiger partial charge >= 0.3 is 5.97 Å². The largest absolute Gasteiger partial charge is 0.497 e. The van der Waals surface area contributed by atoms with Crippen LogP contribution in [-0.2, 0) is 9.59 Å². The van der Waals surface area contributed by atoms with Crippen LogP contribution in [0.3, 0.4) is 0 Å². The summed E-state index contributed by atoms with van der Waals surface area (Å²) in [6.07, 6.45) is 3.71. The third-order valence-electron chi connectivity index (χ3n) is 5.43. The van der Waals surface area contributed by atoms with Crippen LogP contribution in [0.1, 0.15) is 25.7 Å². The summed E-state index contributed by atoms with van der Waals surface area (Å²) >= 11 is 0. The molecule has 3 aliphatic rings. The summed E-state index contributed by atoms with van der Waals surface area (Å²) in [6, 6.07) is 5.13. The van der Waals surface area contributed by atoms with Crippen LogP contribution in [0.4, 0.5) is 5.69 Å². The van der Waals surface area contributed by atoms with Crippen molar-refractivity contribution in [3.8, 4) is 11.5 Å². The molecule has 24 heavy (non-hydrogen) atoms. The van der Waals surface area contributed by atoms with Crippen LogP contribution in [0.2, 0.25) is 0 Å². The maximum Gasteiger partial charge on any atom is 0.307 e. The van der Waals surface area contributed by atoms with Gasteiger partial charge in [0.15, 0.2) is 0 Å². The number of hydrogen-bond donors (Lipinski definition) is 2. The molecule has 3 fully saturated rings. The first-order chi connectivity index (χ1) is 11.5. The van der Waals surface area contributed by atoms with Crippen molar-refractivity contribution in [3.63, 3.8) is 0 Å². The van der Waals surface area contributed by atoms with E-state index in [0.29, 0.717) is 17.2 Å². The van der Waals surface area contributed by atoms with Crippen LogP contribution in [0.25, 0.3) is 0 Å². The summed E-state index contributed by atoms with van der Waals surface area (Å²) in [5.41, 5.74) is 0.557. The first-order valence-electron chi connectivity index (χ1n) is 8.30. The Morgan fingerprint density at radius 1 is 0.958 bits per heavy atom. The maximum atomic E-state index is 12.8. The van der Waals surface area contributed by atoms with Crippen molar-refractivity contribution in [2.75, 3.05) is 19.5 Å². The predicted molar refractivity (Wildman–Crippen MR) is 88.2 cm³/mol. The molecule has 2 bridgehead atoms. The number of nitrogens with one attached hydrogen (secondary N) is 1. The summed E-state index contributed by atoms with van der Waals surface area (Å²) in [4.78, 5) is 24.5. The minimum Gasteiger partial charge on any atom is -0.497 e. The van der Waals surface area contributed by atoms with Crippen molar-refractivity contribution in [1.29, 1.82) is 0 Å². The topological polar surface area (TPSA) is 84.9 Å². The Bertz CT molecular complexity index is 614. The second-order valence-corrected chi connectivity index (χ2v) is 6.66. The van der Waals surface area contributed by atoms with Crippen molar-refractivity contribution >= 4 is 17.6 Å². The normalized spacial score (nSPS) is 28.2. The Labute approximate surface area is 141 Å². The molecule has 6 heteroatoms. The number of anilines is 1. The van der Waals surface area contributed by atoms with E-state index in [4.69, 9.17) is 9.47 Å². The van der Waals surface area contributed by atoms with Crippen molar-refractivity contribution in [1.82, 2.24) is 0 Å². The Morgan fingerprint density at radius 2 is 1.46 bits per heavy atom. The monoisotopic (exact) mass is 333 g/mol. The highest BCUT2D eigenvalue weighted by Crippen LogP contribution is 2.49. The molecule has 2 atom stereocenters. The van der Waals surface area contributed by atoms with Gasteiger partial charge in [-0.3, -0.25) is 9.59 Å². The van der Waals surface area contributed by atoms with Crippen LogP contribution in [0.15, 0.2) is 18.2 Å². The SMILES string of the molecule is COc1cc(NC(=O)[C@@H]2C3CCC(CC3)[C@@H]2C(=O)O)cc(OC)c1. The van der Waals surface area contributed by atoms with Gasteiger partial charge in [0.2, 0.25) is 5.91 Å². The molecule has 0 saturated heterocycles. The number of rotatable bonds is 5. The fraction of sp³-hybridized carbons (Fsp3) is 0.556. The highest BCUT2D eigenvalue weighted by Gasteiger charge is 2.50. The van der Waals surface area contributed by atoms with Gasteiger partial charge in [0.1, 0.15) is 11.5 Å². The Hall–Kier alpha value is -2.24. The van der Waals surface area contributed by atoms with Crippen LogP contribution < -0.4 is 14.8 Å². The average Bonchev–Trinajstić information content (AvgIpc) is 2.61. The van der Waals surface area contributed by atoms with Gasteiger partial charge in [-0.2, -0.15) is 0 Å². The van der Waals surface area contributed by atoms with E-state index >= 15 is 0 Å². The number of carboxylic acids is 1. The van der Waals surface area contributed by atoms with Gasteiger partial charge in [-0.15, -0.1) is 0 Å². The number of benzene rings is 1. The van der Waals surface area contributed by atoms with Crippen molar-refractivity contribution in [3.05, 3.63) is 18.2 Å². The lowest BCUT2D eigenvalue weighted by atomic mass is 9.58. The Morgan fingerprint density at radius 3 is 1.92 bits per heavy atom. The predicted octanol–water partition coefficient (Wildman–Crippen LogP) is 2.78. The molecule has 0 radical (unpaired) electrons. The summed E-state index contributed by atoms with van der Waals surface area (Å²) in [7, 11) is 3.09. The lowest BCUT2D eigenvalue weighted by molar-refractivity contribution is -0.156. The van der Waals surface area contributed by atoms with Crippen LogP contribution in [0.5, 0.6) is 11.5 Å². The van der Waals surface area contributed by atoms with E-state index in [9.17, 15) is 14.7 Å². The summed E-state index contributed by atoms with van der Waals surface area (Å²) in [6.45, 7) is 0. The molecule has 130 valence electrons. The summed E-state index contributed by atoms with van der Waals surface area (Å²) in [5.74, 6) is -0.696. The Balaban J connectivity index is 1.82. The molecule has 1 aromatic carbocycles. The molecule has 1 aromatic rings. The highest BCUT2D eigenvalue weighted by molar-refractivity contribution is 5.96. The zero-order chi connectivity index (χ0) is 17.3. The third-order valence-corrected chi connectivity index (χ3v) is 5.43. The van der Waals surface area contributed by atoms with E-state index in [1.165, 1.54) is 0 Å². The molecule has 6 nitrogen and oxygen atoms in total. The van der Waals surface area contributed by atoms with Crippen LogP contribution >= 0.6 is 0 Å². The van der Waals surface area contributed by atoms with Gasteiger partial charge in [-0.1, -0.05) is 0 Å². The molecule has 0 unspecified atom stereocenters. The molecule has 1 amide bonds. The number of methoxy groups -OCH3 is 2. The molecule has 4 rings (SSSR count). The molecule has 0 aliphatic heterocycles. The van der Waals surface area contributed by atoms with E-state index in [1.54, 1.807) is 32.4 Å². The van der Waals surface area contributed by atoms with E-state index in [1.807, 2.05) is 0 Å². The fourth-order valence-electron chi connectivity index (χ4n) is 4.29. The number of carbonyl (C=O) groups is 2. The van der Waals surface area contributed by atoms with Gasteiger partial charge in [-0.25, -0.2) is 0 Å². The molecule has 0 spiro atoms. The third kappa shape index (κ3) is 3.05. The van der Waals surface area contributed by atoms with Crippen molar-refractivity contribution in [2.24, 2.45) is 23.7 Å². The minimum absolute atomic E-state index is 0.114. The number of aliphatic carboxylic acids is 1. The minimum atomic E-state index is -0.854. The molecule has 3 saturated carbocycles. The lowest BCUT2D eigenvalue weighted by Gasteiger charge is -2.45. The quantitative estimate of drug-likeness (QED) is 0.865. The number of carboxylic acid groups (broad SMARTS) is 1. The second kappa shape index (κ2) is 6.71.